The van der Waals surface area contributed by atoms with Crippen LogP contribution in [0.15, 0.2) is 71.3 Å². The van der Waals surface area contributed by atoms with E-state index in [9.17, 15) is 14.9 Å². The largest absolute Gasteiger partial charge is 0.459 e. The van der Waals surface area contributed by atoms with Crippen LogP contribution in [0.25, 0.3) is 5.69 Å². The van der Waals surface area contributed by atoms with Gasteiger partial charge in [-0.05, 0) is 49.7 Å². The predicted octanol–water partition coefficient (Wildman–Crippen LogP) is 4.76. The first kappa shape index (κ1) is 23.8. The molecule has 9 heteroatoms. The number of carbonyl (C=O) groups excluding carboxylic acids is 2. The van der Waals surface area contributed by atoms with Gasteiger partial charge in [-0.1, -0.05) is 41.4 Å². The number of amides is 1. The number of carbonyl (C=O) groups is 2. The van der Waals surface area contributed by atoms with Crippen LogP contribution >= 0.6 is 11.6 Å². The summed E-state index contributed by atoms with van der Waals surface area (Å²) >= 11 is 6.03. The van der Waals surface area contributed by atoms with E-state index >= 15 is 0 Å². The molecule has 2 heterocycles. The summed E-state index contributed by atoms with van der Waals surface area (Å²) in [6.07, 6.45) is 2.00. The Balaban J connectivity index is 1.57. The van der Waals surface area contributed by atoms with E-state index in [-0.39, 0.29) is 28.7 Å². The normalized spacial score (nSPS) is 10.5. The van der Waals surface area contributed by atoms with Crippen molar-refractivity contribution in [2.45, 2.75) is 13.3 Å². The first-order valence-corrected chi connectivity index (χ1v) is 11.3. The van der Waals surface area contributed by atoms with E-state index in [0.717, 1.165) is 5.56 Å². The lowest BCUT2D eigenvalue weighted by Gasteiger charge is -2.11. The van der Waals surface area contributed by atoms with Crippen molar-refractivity contribution in [3.8, 4) is 11.8 Å². The Bertz CT molecular complexity index is 1370. The highest BCUT2D eigenvalue weighted by atomic mass is 35.5. The Morgan fingerprint density at radius 3 is 2.49 bits per heavy atom. The molecular weight excluding hydrogens is 466 g/mol. The van der Waals surface area contributed by atoms with Gasteiger partial charge < -0.3 is 15.1 Å². The molecule has 0 saturated carbocycles. The fourth-order valence-corrected chi connectivity index (χ4v) is 3.57. The molecular formula is C26H22ClN5O3. The Morgan fingerprint density at radius 1 is 1.09 bits per heavy atom. The molecule has 0 fully saturated rings. The van der Waals surface area contributed by atoms with Crippen LogP contribution in [0.3, 0.4) is 0 Å². The lowest BCUT2D eigenvalue weighted by molar-refractivity contribution is 0.0925. The Hall–Kier alpha value is -4.35. The molecule has 0 aliphatic heterocycles. The van der Waals surface area contributed by atoms with Crippen molar-refractivity contribution in [3.63, 3.8) is 0 Å². The number of rotatable bonds is 9. The van der Waals surface area contributed by atoms with Crippen molar-refractivity contribution >= 4 is 29.1 Å². The van der Waals surface area contributed by atoms with Gasteiger partial charge in [0.25, 0.3) is 5.91 Å². The van der Waals surface area contributed by atoms with Crippen molar-refractivity contribution in [2.75, 3.05) is 18.4 Å². The first-order chi connectivity index (χ1) is 17.0. The topological polar surface area (TPSA) is 113 Å². The van der Waals surface area contributed by atoms with E-state index in [0.29, 0.717) is 41.6 Å². The molecule has 1 amide bonds. The van der Waals surface area contributed by atoms with E-state index in [1.165, 1.54) is 10.9 Å². The molecule has 0 radical (unpaired) electrons. The summed E-state index contributed by atoms with van der Waals surface area (Å²) in [6, 6.07) is 19.4. The molecule has 8 nitrogen and oxygen atoms in total. The van der Waals surface area contributed by atoms with Crippen LogP contribution in [0, 0.1) is 18.3 Å². The molecule has 0 aliphatic rings. The molecule has 2 N–H and O–H groups in total. The summed E-state index contributed by atoms with van der Waals surface area (Å²) in [5.41, 5.74) is 2.31. The number of halogens is 1. The maximum absolute atomic E-state index is 13.2. The van der Waals surface area contributed by atoms with Crippen LogP contribution in [-0.2, 0) is 0 Å². The van der Waals surface area contributed by atoms with Gasteiger partial charge in [-0.2, -0.15) is 10.4 Å². The zero-order valence-electron chi connectivity index (χ0n) is 18.9. The molecule has 0 unspecified atom stereocenters. The third-order valence-electron chi connectivity index (χ3n) is 5.27. The Kier molecular flexibility index (Phi) is 7.29. The zero-order chi connectivity index (χ0) is 24.8. The van der Waals surface area contributed by atoms with Crippen molar-refractivity contribution in [1.29, 1.82) is 5.26 Å². The fourth-order valence-electron chi connectivity index (χ4n) is 3.45. The zero-order valence-corrected chi connectivity index (χ0v) is 19.7. The number of furan rings is 1. The molecule has 0 bridgehead atoms. The van der Waals surface area contributed by atoms with Crippen LogP contribution in [-0.4, -0.2) is 34.6 Å². The van der Waals surface area contributed by atoms with E-state index in [2.05, 4.69) is 21.8 Å². The third-order valence-corrected chi connectivity index (χ3v) is 5.53. The number of nitrogens with zero attached hydrogens (tertiary/aromatic N) is 3. The van der Waals surface area contributed by atoms with E-state index < -0.39 is 0 Å². The number of anilines is 1. The molecule has 2 aromatic heterocycles. The number of aromatic nitrogens is 2. The van der Waals surface area contributed by atoms with Gasteiger partial charge in [0, 0.05) is 23.7 Å². The average Bonchev–Trinajstić information content (AvgIpc) is 3.53. The number of aryl methyl sites for hydroxylation is 1. The highest BCUT2D eigenvalue weighted by Crippen LogP contribution is 2.26. The lowest BCUT2D eigenvalue weighted by atomic mass is 10.0. The number of nitriles is 1. The monoisotopic (exact) mass is 487 g/mol. The Labute approximate surface area is 207 Å². The summed E-state index contributed by atoms with van der Waals surface area (Å²) < 4.78 is 6.60. The molecule has 4 rings (SSSR count). The average molecular weight is 488 g/mol. The smallest absolute Gasteiger partial charge is 0.286 e. The van der Waals surface area contributed by atoms with Gasteiger partial charge in [-0.3, -0.25) is 9.59 Å². The van der Waals surface area contributed by atoms with Crippen molar-refractivity contribution < 1.29 is 14.0 Å². The van der Waals surface area contributed by atoms with Crippen LogP contribution in [0.1, 0.15) is 44.2 Å². The highest BCUT2D eigenvalue weighted by Gasteiger charge is 2.25. The van der Waals surface area contributed by atoms with Crippen molar-refractivity contribution in [3.05, 3.63) is 100 Å². The van der Waals surface area contributed by atoms with Gasteiger partial charge >= 0.3 is 0 Å². The molecule has 0 aliphatic carbocycles. The molecule has 35 heavy (non-hydrogen) atoms. The van der Waals surface area contributed by atoms with Crippen LogP contribution < -0.4 is 10.6 Å². The second kappa shape index (κ2) is 10.7. The standard InChI is InChI=1S/C26H22ClN5O3/c1-17-5-7-18(8-6-17)24(33)23-21(16-28)25(32(31-23)20-11-9-19(27)10-12-20)29-13-3-14-30-26(34)22-4-2-15-35-22/h2,4-12,15,29H,3,13-14H2,1H3,(H,30,34). The van der Waals surface area contributed by atoms with Gasteiger partial charge in [0.05, 0.1) is 12.0 Å². The maximum atomic E-state index is 13.2. The lowest BCUT2D eigenvalue weighted by Crippen LogP contribution is -2.25. The molecule has 176 valence electrons. The SMILES string of the molecule is Cc1ccc(C(=O)c2nn(-c3ccc(Cl)cc3)c(NCCCNC(=O)c3ccco3)c2C#N)cc1. The second-order valence-electron chi connectivity index (χ2n) is 7.78. The molecule has 2 aromatic carbocycles. The number of benzene rings is 2. The Morgan fingerprint density at radius 2 is 1.83 bits per heavy atom. The second-order valence-corrected chi connectivity index (χ2v) is 8.22. The summed E-state index contributed by atoms with van der Waals surface area (Å²) in [6.45, 7) is 2.74. The minimum atomic E-state index is -0.344. The van der Waals surface area contributed by atoms with Crippen LogP contribution in [0.4, 0.5) is 5.82 Å². The minimum absolute atomic E-state index is 0.0555. The third kappa shape index (κ3) is 5.42. The first-order valence-electron chi connectivity index (χ1n) is 10.9. The van der Waals surface area contributed by atoms with Crippen LogP contribution in [0.2, 0.25) is 5.02 Å². The number of ketones is 1. The van der Waals surface area contributed by atoms with Crippen molar-refractivity contribution in [2.24, 2.45) is 0 Å². The number of hydrogen-bond acceptors (Lipinski definition) is 6. The van der Waals surface area contributed by atoms with Gasteiger partial charge in [0.15, 0.2) is 11.5 Å². The van der Waals surface area contributed by atoms with E-state index in [1.807, 2.05) is 19.1 Å². The summed E-state index contributed by atoms with van der Waals surface area (Å²) in [7, 11) is 0. The quantitative estimate of drug-likeness (QED) is 0.260. The summed E-state index contributed by atoms with van der Waals surface area (Å²) in [5.74, 6) is -0.0135. The van der Waals surface area contributed by atoms with Gasteiger partial charge in [0.2, 0.25) is 5.78 Å². The van der Waals surface area contributed by atoms with Gasteiger partial charge in [-0.15, -0.1) is 0 Å². The molecule has 0 atom stereocenters. The summed E-state index contributed by atoms with van der Waals surface area (Å²) in [4.78, 5) is 25.2. The van der Waals surface area contributed by atoms with Gasteiger partial charge in [0.1, 0.15) is 17.5 Å². The fraction of sp³-hybridized carbons (Fsp3) is 0.154. The molecule has 0 spiro atoms. The van der Waals surface area contributed by atoms with E-state index in [1.54, 1.807) is 48.5 Å². The van der Waals surface area contributed by atoms with Crippen molar-refractivity contribution in [1.82, 2.24) is 15.1 Å². The molecule has 4 aromatic rings. The van der Waals surface area contributed by atoms with E-state index in [4.69, 9.17) is 16.0 Å². The number of nitrogens with one attached hydrogen (secondary N) is 2. The highest BCUT2D eigenvalue weighted by molar-refractivity contribution is 6.30. The maximum Gasteiger partial charge on any atom is 0.286 e. The number of hydrogen-bond donors (Lipinski definition) is 2. The predicted molar refractivity (Wildman–Crippen MR) is 132 cm³/mol. The summed E-state index contributed by atoms with van der Waals surface area (Å²) in [5, 5.41) is 21.0. The van der Waals surface area contributed by atoms with Crippen LogP contribution in [0.5, 0.6) is 0 Å². The molecule has 0 saturated heterocycles. The minimum Gasteiger partial charge on any atom is -0.459 e. The van der Waals surface area contributed by atoms with Gasteiger partial charge in [-0.25, -0.2) is 4.68 Å².